The summed E-state index contributed by atoms with van der Waals surface area (Å²) in [5, 5.41) is 26.2. The minimum absolute atomic E-state index is 0.0418. The highest BCUT2D eigenvalue weighted by Gasteiger charge is 2.45. The Morgan fingerprint density at radius 1 is 1.25 bits per heavy atom. The summed E-state index contributed by atoms with van der Waals surface area (Å²) in [5.74, 6) is -1.79. The van der Waals surface area contributed by atoms with Crippen LogP contribution in [0.2, 0.25) is 0 Å². The highest BCUT2D eigenvalue weighted by molar-refractivity contribution is 6.46. The van der Waals surface area contributed by atoms with Crippen LogP contribution < -0.4 is 0 Å². The minimum Gasteiger partial charge on any atom is -0.507 e. The van der Waals surface area contributed by atoms with Gasteiger partial charge in [-0.2, -0.15) is 5.10 Å². The lowest BCUT2D eigenvalue weighted by atomic mass is 9.94. The zero-order valence-electron chi connectivity index (χ0n) is 16.0. The standard InChI is InChI=1S/C19H20N4O5/c1-5-22-16(12-6-8-13(9-7-12)23(27)28)15(18(25)19(22)26)17(24)14-10(2)20-21(4)11(14)3/h6-9,16,24H,5H2,1-4H3/b17-15+. The number of hydrogen-bond acceptors (Lipinski definition) is 6. The number of non-ortho nitro benzene ring substituents is 1. The number of benzene rings is 1. The zero-order valence-corrected chi connectivity index (χ0v) is 16.0. The van der Waals surface area contributed by atoms with Gasteiger partial charge in [0, 0.05) is 31.4 Å². The van der Waals surface area contributed by atoms with Crippen molar-refractivity contribution in [3.8, 4) is 0 Å². The molecule has 0 bridgehead atoms. The lowest BCUT2D eigenvalue weighted by molar-refractivity contribution is -0.384. The monoisotopic (exact) mass is 384 g/mol. The van der Waals surface area contributed by atoms with Gasteiger partial charge in [0.1, 0.15) is 5.76 Å². The third-order valence-corrected chi connectivity index (χ3v) is 5.05. The highest BCUT2D eigenvalue weighted by atomic mass is 16.6. The maximum absolute atomic E-state index is 12.7. The molecule has 1 aromatic heterocycles. The van der Waals surface area contributed by atoms with Gasteiger partial charge in [0.15, 0.2) is 0 Å². The Morgan fingerprint density at radius 3 is 2.32 bits per heavy atom. The molecule has 1 N–H and O–H groups in total. The van der Waals surface area contributed by atoms with E-state index in [1.165, 1.54) is 29.2 Å². The van der Waals surface area contributed by atoms with E-state index in [4.69, 9.17) is 0 Å². The van der Waals surface area contributed by atoms with Crippen LogP contribution in [0.25, 0.3) is 5.76 Å². The fourth-order valence-corrected chi connectivity index (χ4v) is 3.58. The van der Waals surface area contributed by atoms with E-state index < -0.39 is 22.7 Å². The highest BCUT2D eigenvalue weighted by Crippen LogP contribution is 2.40. The lowest BCUT2D eigenvalue weighted by Gasteiger charge is -2.23. The van der Waals surface area contributed by atoms with E-state index in [9.17, 15) is 24.8 Å². The molecule has 1 unspecified atom stereocenters. The van der Waals surface area contributed by atoms with Crippen molar-refractivity contribution in [1.29, 1.82) is 0 Å². The number of Topliss-reactive ketones (excluding diaryl/α,β-unsaturated/α-hetero) is 1. The van der Waals surface area contributed by atoms with E-state index in [1.807, 2.05) is 0 Å². The smallest absolute Gasteiger partial charge is 0.295 e. The second-order valence-corrected chi connectivity index (χ2v) is 6.60. The molecule has 0 spiro atoms. The van der Waals surface area contributed by atoms with Crippen molar-refractivity contribution in [2.45, 2.75) is 26.8 Å². The number of rotatable bonds is 4. The molecule has 0 radical (unpaired) electrons. The van der Waals surface area contributed by atoms with Crippen molar-refractivity contribution in [3.05, 3.63) is 62.5 Å². The van der Waals surface area contributed by atoms with Gasteiger partial charge in [0.2, 0.25) is 0 Å². The van der Waals surface area contributed by atoms with E-state index >= 15 is 0 Å². The maximum atomic E-state index is 12.7. The third-order valence-electron chi connectivity index (χ3n) is 5.05. The average molecular weight is 384 g/mol. The summed E-state index contributed by atoms with van der Waals surface area (Å²) in [7, 11) is 1.72. The Kier molecular flexibility index (Phi) is 4.76. The quantitative estimate of drug-likeness (QED) is 0.284. The van der Waals surface area contributed by atoms with Gasteiger partial charge in [0.25, 0.3) is 17.4 Å². The van der Waals surface area contributed by atoms with E-state index in [2.05, 4.69) is 5.10 Å². The molecular weight excluding hydrogens is 364 g/mol. The number of carbonyl (C=O) groups excluding carboxylic acids is 2. The van der Waals surface area contributed by atoms with Gasteiger partial charge >= 0.3 is 0 Å². The first kappa shape index (κ1) is 19.3. The van der Waals surface area contributed by atoms with Gasteiger partial charge in [-0.25, -0.2) is 0 Å². The molecule has 28 heavy (non-hydrogen) atoms. The molecule has 1 saturated heterocycles. The number of aryl methyl sites for hydroxylation is 2. The molecule has 1 fully saturated rings. The molecule has 2 aromatic rings. The summed E-state index contributed by atoms with van der Waals surface area (Å²) >= 11 is 0. The van der Waals surface area contributed by atoms with Gasteiger partial charge in [0.05, 0.1) is 27.8 Å². The molecule has 9 nitrogen and oxygen atoms in total. The molecule has 146 valence electrons. The first-order valence-corrected chi connectivity index (χ1v) is 8.72. The van der Waals surface area contributed by atoms with Crippen LogP contribution in [0.4, 0.5) is 5.69 Å². The number of ketones is 1. The summed E-state index contributed by atoms with van der Waals surface area (Å²) in [6.45, 7) is 5.43. The van der Waals surface area contributed by atoms with Crippen molar-refractivity contribution in [2.75, 3.05) is 6.54 Å². The Balaban J connectivity index is 2.23. The number of amides is 1. The van der Waals surface area contributed by atoms with Crippen LogP contribution in [0.3, 0.4) is 0 Å². The molecule has 1 aromatic carbocycles. The molecule has 9 heteroatoms. The Hall–Kier alpha value is -3.49. The molecule has 0 aliphatic carbocycles. The van der Waals surface area contributed by atoms with E-state index in [0.717, 1.165) is 0 Å². The molecule has 3 rings (SSSR count). The zero-order chi connectivity index (χ0) is 20.7. The average Bonchev–Trinajstić information content (AvgIpc) is 3.07. The van der Waals surface area contributed by atoms with Crippen LogP contribution in [0.1, 0.15) is 35.5 Å². The van der Waals surface area contributed by atoms with Gasteiger partial charge in [-0.1, -0.05) is 0 Å². The number of aliphatic hydroxyl groups excluding tert-OH is 1. The third kappa shape index (κ3) is 2.84. The predicted octanol–water partition coefficient (Wildman–Crippen LogP) is 2.39. The Labute approximate surface area is 161 Å². The lowest BCUT2D eigenvalue weighted by Crippen LogP contribution is -2.29. The number of likely N-dealkylation sites (tertiary alicyclic amines) is 1. The summed E-state index contributed by atoms with van der Waals surface area (Å²) in [6, 6.07) is 4.78. The fourth-order valence-electron chi connectivity index (χ4n) is 3.58. The van der Waals surface area contributed by atoms with Gasteiger partial charge in [-0.3, -0.25) is 24.4 Å². The maximum Gasteiger partial charge on any atom is 0.295 e. The number of aromatic nitrogens is 2. The predicted molar refractivity (Wildman–Crippen MR) is 100 cm³/mol. The number of likely N-dealkylation sites (N-methyl/N-ethyl adjacent to an activating group) is 1. The van der Waals surface area contributed by atoms with Crippen molar-refractivity contribution in [3.63, 3.8) is 0 Å². The molecule has 1 aliphatic heterocycles. The van der Waals surface area contributed by atoms with Crippen LogP contribution in [0.5, 0.6) is 0 Å². The van der Waals surface area contributed by atoms with Crippen molar-refractivity contribution in [1.82, 2.24) is 14.7 Å². The van der Waals surface area contributed by atoms with Crippen molar-refractivity contribution < 1.29 is 19.6 Å². The van der Waals surface area contributed by atoms with Gasteiger partial charge in [-0.05, 0) is 38.5 Å². The van der Waals surface area contributed by atoms with E-state index in [1.54, 1.807) is 32.5 Å². The summed E-state index contributed by atoms with van der Waals surface area (Å²) in [5.41, 5.74) is 1.95. The van der Waals surface area contributed by atoms with Crippen LogP contribution in [-0.4, -0.2) is 42.9 Å². The Bertz CT molecular complexity index is 1020. The molecular formula is C19H20N4O5. The number of aliphatic hydroxyl groups is 1. The fraction of sp³-hybridized carbons (Fsp3) is 0.316. The van der Waals surface area contributed by atoms with Crippen LogP contribution in [-0.2, 0) is 16.6 Å². The SMILES string of the molecule is CCN1C(=O)C(=O)/C(=C(/O)c2c(C)nn(C)c2C)C1c1ccc([N+](=O)[O-])cc1. The van der Waals surface area contributed by atoms with Crippen molar-refractivity contribution >= 4 is 23.1 Å². The number of hydrogen-bond donors (Lipinski definition) is 1. The topological polar surface area (TPSA) is 119 Å². The summed E-state index contributed by atoms with van der Waals surface area (Å²) in [4.78, 5) is 37.0. The van der Waals surface area contributed by atoms with E-state index in [-0.39, 0.29) is 23.6 Å². The van der Waals surface area contributed by atoms with E-state index in [0.29, 0.717) is 22.5 Å². The summed E-state index contributed by atoms with van der Waals surface area (Å²) < 4.78 is 1.58. The molecule has 2 heterocycles. The van der Waals surface area contributed by atoms with Crippen LogP contribution in [0.15, 0.2) is 29.8 Å². The van der Waals surface area contributed by atoms with Crippen molar-refractivity contribution in [2.24, 2.45) is 7.05 Å². The normalized spacial score (nSPS) is 18.7. The molecule has 0 saturated carbocycles. The largest absolute Gasteiger partial charge is 0.507 e. The van der Waals surface area contributed by atoms with Gasteiger partial charge in [-0.15, -0.1) is 0 Å². The molecule has 1 aliphatic rings. The second-order valence-electron chi connectivity index (χ2n) is 6.60. The Morgan fingerprint density at radius 2 is 1.86 bits per heavy atom. The number of nitrogens with zero attached hydrogens (tertiary/aromatic N) is 4. The molecule has 1 atom stereocenters. The van der Waals surface area contributed by atoms with Crippen LogP contribution in [0, 0.1) is 24.0 Å². The second kappa shape index (κ2) is 6.91. The summed E-state index contributed by atoms with van der Waals surface area (Å²) in [6.07, 6.45) is 0. The van der Waals surface area contributed by atoms with Gasteiger partial charge < -0.3 is 10.0 Å². The minimum atomic E-state index is -0.829. The molecule has 1 amide bonds. The number of nitro benzene ring substituents is 1. The number of carbonyl (C=O) groups is 2. The first-order chi connectivity index (χ1) is 13.2. The van der Waals surface area contributed by atoms with Crippen LogP contribution >= 0.6 is 0 Å². The number of nitro groups is 1. The first-order valence-electron chi connectivity index (χ1n) is 8.72.